The molecule has 0 fully saturated rings. The number of hydrogen-bond donors (Lipinski definition) is 0. The molecule has 0 saturated heterocycles. The number of carbonyl (C=O) groups is 1. The van der Waals surface area contributed by atoms with Gasteiger partial charge in [-0.2, -0.15) is 0 Å². The molecule has 1 aromatic rings. The van der Waals surface area contributed by atoms with Crippen molar-refractivity contribution in [2.45, 2.75) is 25.1 Å². The summed E-state index contributed by atoms with van der Waals surface area (Å²) in [5, 5.41) is 0.0293. The zero-order valence-corrected chi connectivity index (χ0v) is 9.75. The van der Waals surface area contributed by atoms with Crippen molar-refractivity contribution in [3.05, 3.63) is 35.4 Å². The van der Waals surface area contributed by atoms with Crippen LogP contribution < -0.4 is 0 Å². The topological polar surface area (TPSA) is 26.3 Å². The van der Waals surface area contributed by atoms with Crippen molar-refractivity contribution in [2.24, 2.45) is 0 Å². The minimum Gasteiger partial charge on any atom is -0.465 e. The van der Waals surface area contributed by atoms with Gasteiger partial charge in [0.2, 0.25) is 0 Å². The third-order valence-corrected chi connectivity index (χ3v) is 2.71. The van der Waals surface area contributed by atoms with Crippen LogP contribution in [0.25, 0.3) is 0 Å². The molecule has 0 aliphatic rings. The van der Waals surface area contributed by atoms with Crippen molar-refractivity contribution in [3.63, 3.8) is 0 Å². The number of hydrogen-bond acceptors (Lipinski definition) is 2. The van der Waals surface area contributed by atoms with Crippen LogP contribution in [0.2, 0.25) is 0 Å². The first-order valence-corrected chi connectivity index (χ1v) is 5.45. The molecule has 3 heteroatoms. The van der Waals surface area contributed by atoms with Gasteiger partial charge in [0.1, 0.15) is 0 Å². The molecular formula is C12H15ClO2. The number of halogens is 1. The Morgan fingerprint density at radius 1 is 1.40 bits per heavy atom. The molecule has 82 valence electrons. The van der Waals surface area contributed by atoms with E-state index in [1.54, 1.807) is 12.1 Å². The number of alkyl halides is 1. The second-order valence-corrected chi connectivity index (χ2v) is 3.90. The molecule has 0 bridgehead atoms. The lowest BCUT2D eigenvalue weighted by Crippen LogP contribution is -2.01. The molecule has 2 nitrogen and oxygen atoms in total. The summed E-state index contributed by atoms with van der Waals surface area (Å²) in [5.74, 6) is -0.317. The van der Waals surface area contributed by atoms with Crippen LogP contribution in [-0.2, 0) is 4.74 Å². The highest BCUT2D eigenvalue weighted by Crippen LogP contribution is 2.25. The van der Waals surface area contributed by atoms with Crippen molar-refractivity contribution in [1.29, 1.82) is 0 Å². The Kier molecular flexibility index (Phi) is 4.63. The minimum absolute atomic E-state index is 0.0293. The van der Waals surface area contributed by atoms with E-state index in [4.69, 9.17) is 11.6 Å². The zero-order valence-electron chi connectivity index (χ0n) is 9.00. The largest absolute Gasteiger partial charge is 0.465 e. The molecule has 1 atom stereocenters. The van der Waals surface area contributed by atoms with E-state index in [-0.39, 0.29) is 11.3 Å². The summed E-state index contributed by atoms with van der Waals surface area (Å²) < 4.78 is 4.61. The van der Waals surface area contributed by atoms with E-state index < -0.39 is 0 Å². The van der Waals surface area contributed by atoms with Crippen molar-refractivity contribution < 1.29 is 9.53 Å². The van der Waals surface area contributed by atoms with Gasteiger partial charge in [0.25, 0.3) is 0 Å². The Labute approximate surface area is 95.2 Å². The van der Waals surface area contributed by atoms with E-state index in [2.05, 4.69) is 11.7 Å². The molecule has 1 rings (SSSR count). The Morgan fingerprint density at radius 2 is 2.00 bits per heavy atom. The summed E-state index contributed by atoms with van der Waals surface area (Å²) in [5.41, 5.74) is 1.60. The third-order valence-electron chi connectivity index (χ3n) is 2.24. The van der Waals surface area contributed by atoms with E-state index in [1.807, 2.05) is 12.1 Å². The molecule has 0 amide bonds. The number of carbonyl (C=O) groups excluding carboxylic acids is 1. The Morgan fingerprint density at radius 3 is 2.47 bits per heavy atom. The van der Waals surface area contributed by atoms with Gasteiger partial charge in [-0.05, 0) is 24.1 Å². The molecule has 1 unspecified atom stereocenters. The number of rotatable bonds is 4. The van der Waals surface area contributed by atoms with Crippen molar-refractivity contribution in [3.8, 4) is 0 Å². The highest BCUT2D eigenvalue weighted by Gasteiger charge is 2.08. The predicted molar refractivity (Wildman–Crippen MR) is 61.3 cm³/mol. The highest BCUT2D eigenvalue weighted by atomic mass is 35.5. The quantitative estimate of drug-likeness (QED) is 0.580. The van der Waals surface area contributed by atoms with E-state index in [9.17, 15) is 4.79 Å². The number of methoxy groups -OCH3 is 1. The molecule has 15 heavy (non-hydrogen) atoms. The molecule has 0 N–H and O–H groups in total. The standard InChI is InChI=1S/C12H15ClO2/c1-3-4-11(13)9-5-7-10(8-6-9)12(14)15-2/h5-8,11H,3-4H2,1-2H3. The molecule has 0 spiro atoms. The average Bonchev–Trinajstić information content (AvgIpc) is 2.28. The van der Waals surface area contributed by atoms with E-state index >= 15 is 0 Å². The van der Waals surface area contributed by atoms with Crippen molar-refractivity contribution in [1.82, 2.24) is 0 Å². The number of esters is 1. The maximum absolute atomic E-state index is 11.2. The van der Waals surface area contributed by atoms with Crippen LogP contribution in [-0.4, -0.2) is 13.1 Å². The molecular weight excluding hydrogens is 212 g/mol. The van der Waals surface area contributed by atoms with Crippen LogP contribution in [0.15, 0.2) is 24.3 Å². The van der Waals surface area contributed by atoms with Crippen LogP contribution >= 0.6 is 11.6 Å². The SMILES string of the molecule is CCCC(Cl)c1ccc(C(=O)OC)cc1. The third kappa shape index (κ3) is 3.24. The number of ether oxygens (including phenoxy) is 1. The average molecular weight is 227 g/mol. The molecule has 0 saturated carbocycles. The maximum atomic E-state index is 11.2. The predicted octanol–water partition coefficient (Wildman–Crippen LogP) is 3.55. The van der Waals surface area contributed by atoms with Gasteiger partial charge in [-0.15, -0.1) is 11.6 Å². The van der Waals surface area contributed by atoms with Crippen LogP contribution in [0, 0.1) is 0 Å². The van der Waals surface area contributed by atoms with Gasteiger partial charge in [0, 0.05) is 0 Å². The first-order chi connectivity index (χ1) is 7.19. The monoisotopic (exact) mass is 226 g/mol. The minimum atomic E-state index is -0.317. The van der Waals surface area contributed by atoms with E-state index in [0.29, 0.717) is 5.56 Å². The maximum Gasteiger partial charge on any atom is 0.337 e. The highest BCUT2D eigenvalue weighted by molar-refractivity contribution is 6.20. The smallest absolute Gasteiger partial charge is 0.337 e. The zero-order chi connectivity index (χ0) is 11.3. The Bertz CT molecular complexity index is 319. The lowest BCUT2D eigenvalue weighted by Gasteiger charge is -2.08. The molecule has 0 radical (unpaired) electrons. The number of benzene rings is 1. The van der Waals surface area contributed by atoms with Gasteiger partial charge < -0.3 is 4.74 Å². The normalized spacial score (nSPS) is 12.2. The van der Waals surface area contributed by atoms with Gasteiger partial charge in [0.05, 0.1) is 18.1 Å². The fourth-order valence-electron chi connectivity index (χ4n) is 1.37. The van der Waals surface area contributed by atoms with Crippen LogP contribution in [0.3, 0.4) is 0 Å². The Hall–Kier alpha value is -1.02. The second-order valence-electron chi connectivity index (χ2n) is 3.37. The van der Waals surface area contributed by atoms with Crippen LogP contribution in [0.4, 0.5) is 0 Å². The molecule has 0 aliphatic carbocycles. The van der Waals surface area contributed by atoms with Gasteiger partial charge in [-0.1, -0.05) is 25.5 Å². The van der Waals surface area contributed by atoms with Gasteiger partial charge in [0.15, 0.2) is 0 Å². The lowest BCUT2D eigenvalue weighted by atomic mass is 10.1. The van der Waals surface area contributed by atoms with Gasteiger partial charge in [-0.3, -0.25) is 0 Å². The van der Waals surface area contributed by atoms with Gasteiger partial charge >= 0.3 is 5.97 Å². The summed E-state index contributed by atoms with van der Waals surface area (Å²) in [6.07, 6.45) is 1.99. The van der Waals surface area contributed by atoms with E-state index in [0.717, 1.165) is 18.4 Å². The Balaban J connectivity index is 2.76. The molecule has 0 aliphatic heterocycles. The van der Waals surface area contributed by atoms with Crippen LogP contribution in [0.1, 0.15) is 41.1 Å². The summed E-state index contributed by atoms with van der Waals surface area (Å²) >= 11 is 6.16. The van der Waals surface area contributed by atoms with E-state index in [1.165, 1.54) is 7.11 Å². The molecule has 0 heterocycles. The summed E-state index contributed by atoms with van der Waals surface area (Å²) in [6.45, 7) is 2.10. The first-order valence-electron chi connectivity index (χ1n) is 5.01. The second kappa shape index (κ2) is 5.76. The van der Waals surface area contributed by atoms with Gasteiger partial charge in [-0.25, -0.2) is 4.79 Å². The van der Waals surface area contributed by atoms with Crippen molar-refractivity contribution >= 4 is 17.6 Å². The summed E-state index contributed by atoms with van der Waals surface area (Å²) in [4.78, 5) is 11.2. The fraction of sp³-hybridized carbons (Fsp3) is 0.417. The molecule has 0 aromatic heterocycles. The summed E-state index contributed by atoms with van der Waals surface area (Å²) in [6, 6.07) is 7.23. The van der Waals surface area contributed by atoms with Crippen molar-refractivity contribution in [2.75, 3.05) is 7.11 Å². The first kappa shape index (κ1) is 12.1. The molecule has 1 aromatic carbocycles. The van der Waals surface area contributed by atoms with Crippen LogP contribution in [0.5, 0.6) is 0 Å². The summed E-state index contributed by atoms with van der Waals surface area (Å²) in [7, 11) is 1.37. The fourth-order valence-corrected chi connectivity index (χ4v) is 1.73. The lowest BCUT2D eigenvalue weighted by molar-refractivity contribution is 0.0600.